The number of rotatable bonds is 3. The third-order valence-corrected chi connectivity index (χ3v) is 3.84. The SMILES string of the molecule is c1cc2c(cc1CNc1ccc3c(n1)CCC3)OCO2. The fourth-order valence-corrected chi connectivity index (χ4v) is 2.76. The summed E-state index contributed by atoms with van der Waals surface area (Å²) in [4.78, 5) is 4.67. The van der Waals surface area contributed by atoms with Crippen LogP contribution >= 0.6 is 0 Å². The van der Waals surface area contributed by atoms with Crippen LogP contribution in [0.15, 0.2) is 30.3 Å². The number of pyridine rings is 1. The van der Waals surface area contributed by atoms with E-state index < -0.39 is 0 Å². The summed E-state index contributed by atoms with van der Waals surface area (Å²) in [5, 5.41) is 3.37. The summed E-state index contributed by atoms with van der Waals surface area (Å²) in [6.07, 6.45) is 3.51. The van der Waals surface area contributed by atoms with Crippen LogP contribution in [0.25, 0.3) is 0 Å². The number of hydrogen-bond donors (Lipinski definition) is 1. The van der Waals surface area contributed by atoms with E-state index in [1.165, 1.54) is 24.1 Å². The van der Waals surface area contributed by atoms with Crippen molar-refractivity contribution in [3.63, 3.8) is 0 Å². The molecule has 20 heavy (non-hydrogen) atoms. The molecular weight excluding hydrogens is 252 g/mol. The van der Waals surface area contributed by atoms with E-state index in [1.54, 1.807) is 0 Å². The maximum absolute atomic E-state index is 5.39. The van der Waals surface area contributed by atoms with Gasteiger partial charge < -0.3 is 14.8 Å². The second-order valence-corrected chi connectivity index (χ2v) is 5.20. The smallest absolute Gasteiger partial charge is 0.231 e. The molecule has 4 heteroatoms. The Morgan fingerprint density at radius 3 is 3.00 bits per heavy atom. The summed E-state index contributed by atoms with van der Waals surface area (Å²) in [6, 6.07) is 10.3. The largest absolute Gasteiger partial charge is 0.454 e. The number of aryl methyl sites for hydroxylation is 2. The van der Waals surface area contributed by atoms with Crippen LogP contribution in [0.3, 0.4) is 0 Å². The minimum absolute atomic E-state index is 0.318. The lowest BCUT2D eigenvalue weighted by atomic mass is 10.2. The average Bonchev–Trinajstić information content (AvgIpc) is 3.12. The molecule has 1 aliphatic carbocycles. The molecule has 4 nitrogen and oxygen atoms in total. The second-order valence-electron chi connectivity index (χ2n) is 5.20. The molecule has 0 bridgehead atoms. The molecule has 0 fully saturated rings. The van der Waals surface area contributed by atoms with E-state index in [0.717, 1.165) is 35.8 Å². The maximum atomic E-state index is 5.39. The molecule has 1 aromatic heterocycles. The number of hydrogen-bond acceptors (Lipinski definition) is 4. The average molecular weight is 268 g/mol. The molecular formula is C16H16N2O2. The first-order valence-corrected chi connectivity index (χ1v) is 7.00. The lowest BCUT2D eigenvalue weighted by molar-refractivity contribution is 0.174. The summed E-state index contributed by atoms with van der Waals surface area (Å²) in [5.74, 6) is 2.60. The highest BCUT2D eigenvalue weighted by Crippen LogP contribution is 2.32. The number of anilines is 1. The number of nitrogens with zero attached hydrogens (tertiary/aromatic N) is 1. The highest BCUT2D eigenvalue weighted by Gasteiger charge is 2.14. The van der Waals surface area contributed by atoms with Gasteiger partial charge in [0.05, 0.1) is 0 Å². The van der Waals surface area contributed by atoms with E-state index in [2.05, 4.69) is 22.4 Å². The Labute approximate surface area is 117 Å². The number of ether oxygens (including phenoxy) is 2. The van der Waals surface area contributed by atoms with Gasteiger partial charge in [-0.05, 0) is 48.6 Å². The van der Waals surface area contributed by atoms with Crippen molar-refractivity contribution in [2.24, 2.45) is 0 Å². The van der Waals surface area contributed by atoms with Crippen molar-refractivity contribution in [3.8, 4) is 11.5 Å². The molecule has 0 amide bonds. The quantitative estimate of drug-likeness (QED) is 0.929. The Bertz CT molecular complexity index is 597. The van der Waals surface area contributed by atoms with Gasteiger partial charge in [-0.25, -0.2) is 4.98 Å². The van der Waals surface area contributed by atoms with Crippen LogP contribution in [0.4, 0.5) is 5.82 Å². The number of nitrogens with one attached hydrogen (secondary N) is 1. The molecule has 1 aromatic carbocycles. The highest BCUT2D eigenvalue weighted by atomic mass is 16.7. The molecule has 2 aromatic rings. The van der Waals surface area contributed by atoms with Gasteiger partial charge in [-0.2, -0.15) is 0 Å². The van der Waals surface area contributed by atoms with Gasteiger partial charge in [-0.15, -0.1) is 0 Å². The van der Waals surface area contributed by atoms with E-state index in [-0.39, 0.29) is 0 Å². The number of benzene rings is 1. The minimum Gasteiger partial charge on any atom is -0.454 e. The summed E-state index contributed by atoms with van der Waals surface area (Å²) >= 11 is 0. The Morgan fingerprint density at radius 2 is 2.00 bits per heavy atom. The Morgan fingerprint density at radius 1 is 1.05 bits per heavy atom. The van der Waals surface area contributed by atoms with Crippen molar-refractivity contribution < 1.29 is 9.47 Å². The molecule has 0 atom stereocenters. The number of aromatic nitrogens is 1. The van der Waals surface area contributed by atoms with E-state index >= 15 is 0 Å². The topological polar surface area (TPSA) is 43.4 Å². The molecule has 1 N–H and O–H groups in total. The van der Waals surface area contributed by atoms with Crippen LogP contribution in [-0.2, 0) is 19.4 Å². The van der Waals surface area contributed by atoms with Crippen molar-refractivity contribution in [2.75, 3.05) is 12.1 Å². The Kier molecular flexibility index (Phi) is 2.73. The summed E-state index contributed by atoms with van der Waals surface area (Å²) in [5.41, 5.74) is 3.82. The van der Waals surface area contributed by atoms with Crippen LogP contribution < -0.4 is 14.8 Å². The van der Waals surface area contributed by atoms with Gasteiger partial charge in [0.15, 0.2) is 11.5 Å². The Balaban J connectivity index is 1.47. The zero-order chi connectivity index (χ0) is 13.4. The molecule has 0 unspecified atom stereocenters. The minimum atomic E-state index is 0.318. The molecule has 0 spiro atoms. The van der Waals surface area contributed by atoms with E-state index in [0.29, 0.717) is 6.79 Å². The molecule has 1 aliphatic heterocycles. The van der Waals surface area contributed by atoms with Gasteiger partial charge in [0.2, 0.25) is 6.79 Å². The van der Waals surface area contributed by atoms with Crippen molar-refractivity contribution in [2.45, 2.75) is 25.8 Å². The zero-order valence-corrected chi connectivity index (χ0v) is 11.2. The number of fused-ring (bicyclic) bond motifs is 2. The molecule has 2 aliphatic rings. The highest BCUT2D eigenvalue weighted by molar-refractivity contribution is 5.46. The molecule has 0 saturated heterocycles. The summed E-state index contributed by atoms with van der Waals surface area (Å²) in [7, 11) is 0. The first-order chi connectivity index (χ1) is 9.88. The predicted molar refractivity (Wildman–Crippen MR) is 76.2 cm³/mol. The van der Waals surface area contributed by atoms with Gasteiger partial charge in [0, 0.05) is 12.2 Å². The van der Waals surface area contributed by atoms with Gasteiger partial charge >= 0.3 is 0 Å². The van der Waals surface area contributed by atoms with Crippen LogP contribution in [-0.4, -0.2) is 11.8 Å². The third kappa shape index (κ3) is 2.07. The van der Waals surface area contributed by atoms with Crippen molar-refractivity contribution in [3.05, 3.63) is 47.2 Å². The van der Waals surface area contributed by atoms with Crippen molar-refractivity contribution >= 4 is 5.82 Å². The lowest BCUT2D eigenvalue weighted by Gasteiger charge is -2.08. The second kappa shape index (κ2) is 4.71. The monoisotopic (exact) mass is 268 g/mol. The third-order valence-electron chi connectivity index (χ3n) is 3.84. The maximum Gasteiger partial charge on any atom is 0.231 e. The van der Waals surface area contributed by atoms with Gasteiger partial charge in [-0.1, -0.05) is 12.1 Å². The van der Waals surface area contributed by atoms with Crippen LogP contribution in [0.5, 0.6) is 11.5 Å². The fourth-order valence-electron chi connectivity index (χ4n) is 2.76. The van der Waals surface area contributed by atoms with Crippen molar-refractivity contribution in [1.82, 2.24) is 4.98 Å². The molecule has 0 radical (unpaired) electrons. The van der Waals surface area contributed by atoms with E-state index in [1.807, 2.05) is 18.2 Å². The van der Waals surface area contributed by atoms with Gasteiger partial charge in [-0.3, -0.25) is 0 Å². The molecule has 2 heterocycles. The van der Waals surface area contributed by atoms with Crippen LogP contribution in [0, 0.1) is 0 Å². The fraction of sp³-hybridized carbons (Fsp3) is 0.312. The van der Waals surface area contributed by atoms with Crippen LogP contribution in [0.2, 0.25) is 0 Å². The summed E-state index contributed by atoms with van der Waals surface area (Å²) in [6.45, 7) is 1.06. The summed E-state index contributed by atoms with van der Waals surface area (Å²) < 4.78 is 10.7. The first-order valence-electron chi connectivity index (χ1n) is 7.00. The predicted octanol–water partition coefficient (Wildman–Crippen LogP) is 2.91. The van der Waals surface area contributed by atoms with Crippen LogP contribution in [0.1, 0.15) is 23.2 Å². The normalized spacial score (nSPS) is 15.2. The van der Waals surface area contributed by atoms with E-state index in [4.69, 9.17) is 9.47 Å². The van der Waals surface area contributed by atoms with Gasteiger partial charge in [0.1, 0.15) is 5.82 Å². The van der Waals surface area contributed by atoms with E-state index in [9.17, 15) is 0 Å². The van der Waals surface area contributed by atoms with Crippen molar-refractivity contribution in [1.29, 1.82) is 0 Å². The molecule has 102 valence electrons. The molecule has 0 saturated carbocycles. The van der Waals surface area contributed by atoms with Gasteiger partial charge in [0.25, 0.3) is 0 Å². The Hall–Kier alpha value is -2.23. The lowest BCUT2D eigenvalue weighted by Crippen LogP contribution is -2.02. The molecule has 4 rings (SSSR count). The first kappa shape index (κ1) is 11.6. The standard InChI is InChI=1S/C16H16N2O2/c1-2-12-5-7-16(18-13(12)3-1)17-9-11-4-6-14-15(8-11)20-10-19-14/h4-8H,1-3,9-10H2,(H,17,18). The zero-order valence-electron chi connectivity index (χ0n) is 11.2.